The van der Waals surface area contributed by atoms with E-state index in [0.29, 0.717) is 26.3 Å². The molecule has 0 bridgehead atoms. The topological polar surface area (TPSA) is 158 Å². The number of rotatable bonds is 6. The van der Waals surface area contributed by atoms with Crippen molar-refractivity contribution < 1.29 is 38.5 Å². The van der Waals surface area contributed by atoms with Crippen molar-refractivity contribution in [3.05, 3.63) is 0 Å². The predicted molar refractivity (Wildman–Crippen MR) is 139 cm³/mol. The first-order chi connectivity index (χ1) is 12.8. The standard InChI is InChI=1S/2C9H17NO2.2CH4.I3.H2O/c2*10-7-9(6-8(11)12)4-2-1-3-5-9;;;1-3-2;/h2*1-7,10H2,(H,11,12);2*1H4;;1H2/q;;;;-1;. The SMILES string of the molecule is C.C.I[I-]I.NCC1(CC(=O)O)CCCCC1.NCC1(CC(=O)O)CCCCC1.O. The van der Waals surface area contributed by atoms with Gasteiger partial charge >= 0.3 is 62.4 Å². The number of carboxylic acids is 2. The van der Waals surface area contributed by atoms with Crippen molar-refractivity contribution in [1.82, 2.24) is 0 Å². The maximum Gasteiger partial charge on any atom is 0.303 e. The van der Waals surface area contributed by atoms with Gasteiger partial charge in [-0.25, -0.2) is 0 Å². The van der Waals surface area contributed by atoms with Crippen LogP contribution in [0.25, 0.3) is 0 Å². The number of hydrogen-bond donors (Lipinski definition) is 4. The van der Waals surface area contributed by atoms with Crippen molar-refractivity contribution in [3.8, 4) is 0 Å². The third-order valence-electron chi connectivity index (χ3n) is 5.75. The van der Waals surface area contributed by atoms with Crippen molar-refractivity contribution in [2.24, 2.45) is 22.3 Å². The van der Waals surface area contributed by atoms with Gasteiger partial charge in [0.1, 0.15) is 0 Å². The van der Waals surface area contributed by atoms with Gasteiger partial charge in [-0.3, -0.25) is 9.59 Å². The van der Waals surface area contributed by atoms with Crippen molar-refractivity contribution in [3.63, 3.8) is 0 Å². The molecule has 0 radical (unpaired) electrons. The van der Waals surface area contributed by atoms with Gasteiger partial charge in [0.15, 0.2) is 0 Å². The first-order valence-corrected chi connectivity index (χ1v) is 22.1. The summed E-state index contributed by atoms with van der Waals surface area (Å²) in [5.41, 5.74) is 11.1. The molecule has 0 aromatic carbocycles. The molecule has 0 amide bonds. The summed E-state index contributed by atoms with van der Waals surface area (Å²) in [5, 5.41) is 17.4. The van der Waals surface area contributed by atoms with Gasteiger partial charge in [0.25, 0.3) is 0 Å². The summed E-state index contributed by atoms with van der Waals surface area (Å²) in [6, 6.07) is 0. The molecule has 2 aliphatic rings. The zero-order chi connectivity index (χ0) is 20.8. The fourth-order valence-corrected chi connectivity index (χ4v) is 4.15. The van der Waals surface area contributed by atoms with E-state index in [1.54, 1.807) is 0 Å². The smallest absolute Gasteiger partial charge is 0.303 e. The minimum Gasteiger partial charge on any atom is -0.481 e. The second-order valence-electron chi connectivity index (χ2n) is 7.72. The molecule has 0 aromatic rings. The summed E-state index contributed by atoms with van der Waals surface area (Å²) >= 11 is 5.30. The minimum absolute atomic E-state index is 0. The van der Waals surface area contributed by atoms with Crippen LogP contribution in [-0.4, -0.2) is 40.7 Å². The van der Waals surface area contributed by atoms with Crippen molar-refractivity contribution in [2.45, 2.75) is 91.9 Å². The molecule has 2 saturated carbocycles. The van der Waals surface area contributed by atoms with Crippen LogP contribution in [0, 0.1) is 10.8 Å². The van der Waals surface area contributed by atoms with E-state index < -0.39 is 11.9 Å². The van der Waals surface area contributed by atoms with E-state index in [4.69, 9.17) is 21.7 Å². The van der Waals surface area contributed by atoms with Crippen molar-refractivity contribution in [1.29, 1.82) is 0 Å². The monoisotopic (exact) mass is 773 g/mol. The number of nitrogens with two attached hydrogens (primary N) is 2. The van der Waals surface area contributed by atoms with E-state index in [2.05, 4.69) is 37.2 Å². The molecule has 10 heteroatoms. The number of hydrogen-bond acceptors (Lipinski definition) is 4. The number of carboxylic acid groups (broad SMARTS) is 2. The van der Waals surface area contributed by atoms with Gasteiger partial charge in [-0.15, -0.1) is 0 Å². The molecule has 2 fully saturated rings. The summed E-state index contributed by atoms with van der Waals surface area (Å²) in [6.07, 6.45) is 11.5. The van der Waals surface area contributed by atoms with Crippen LogP contribution in [0.15, 0.2) is 0 Å². The van der Waals surface area contributed by atoms with E-state index in [1.807, 2.05) is 0 Å². The van der Waals surface area contributed by atoms with Crippen LogP contribution in [-0.2, 0) is 9.59 Å². The Morgan fingerprint density at radius 1 is 0.733 bits per heavy atom. The van der Waals surface area contributed by atoms with Crippen molar-refractivity contribution in [2.75, 3.05) is 13.1 Å². The summed E-state index contributed by atoms with van der Waals surface area (Å²) in [5.74, 6) is -1.41. The maximum absolute atomic E-state index is 10.6. The van der Waals surface area contributed by atoms with Gasteiger partial charge in [-0.05, 0) is 49.6 Å². The molecule has 2 aliphatic carbocycles. The normalized spacial score (nSPS) is 18.4. The fourth-order valence-electron chi connectivity index (χ4n) is 4.15. The van der Waals surface area contributed by atoms with E-state index in [1.165, 1.54) is 12.8 Å². The van der Waals surface area contributed by atoms with E-state index in [9.17, 15) is 9.59 Å². The Labute approximate surface area is 213 Å². The minimum atomic E-state index is -0.706. The first-order valence-electron chi connectivity index (χ1n) is 9.49. The summed E-state index contributed by atoms with van der Waals surface area (Å²) in [7, 11) is 0. The Bertz CT molecular complexity index is 393. The van der Waals surface area contributed by atoms with Crippen molar-refractivity contribution >= 4 is 49.2 Å². The van der Waals surface area contributed by atoms with E-state index in [-0.39, 0.29) is 44.0 Å². The molecule has 0 saturated heterocycles. The second kappa shape index (κ2) is 21.8. The molecule has 2 rings (SSSR count). The van der Waals surface area contributed by atoms with Gasteiger partial charge in [0.2, 0.25) is 0 Å². The summed E-state index contributed by atoms with van der Waals surface area (Å²) in [4.78, 5) is 21.2. The Hall–Kier alpha value is 1.01. The Morgan fingerprint density at radius 2 is 0.967 bits per heavy atom. The van der Waals surface area contributed by atoms with Crippen LogP contribution in [0.2, 0.25) is 0 Å². The Kier molecular flexibility index (Phi) is 27.9. The van der Waals surface area contributed by atoms with Crippen LogP contribution in [0.5, 0.6) is 0 Å². The average Bonchev–Trinajstić information content (AvgIpc) is 2.63. The molecular weight excluding hydrogens is 729 g/mol. The molecule has 0 spiro atoms. The molecule has 7 nitrogen and oxygen atoms in total. The number of halogens is 3. The first kappa shape index (κ1) is 38.3. The Balaban J connectivity index is -0.000000183. The van der Waals surface area contributed by atoms with Crippen LogP contribution < -0.4 is 24.7 Å². The van der Waals surface area contributed by atoms with Crippen LogP contribution in [0.1, 0.15) is 91.9 Å². The molecule has 0 unspecified atom stereocenters. The summed E-state index contributed by atoms with van der Waals surface area (Å²) < 4.78 is 0. The third kappa shape index (κ3) is 16.6. The van der Waals surface area contributed by atoms with Gasteiger partial charge in [0, 0.05) is 0 Å². The van der Waals surface area contributed by atoms with Gasteiger partial charge in [0.05, 0.1) is 12.8 Å². The molecule has 30 heavy (non-hydrogen) atoms. The maximum atomic E-state index is 10.6. The third-order valence-corrected chi connectivity index (χ3v) is 5.75. The molecule has 0 atom stereocenters. The molecule has 186 valence electrons. The van der Waals surface area contributed by atoms with E-state index in [0.717, 1.165) is 51.4 Å². The number of carbonyl (C=O) groups is 2. The molecule has 0 aromatic heterocycles. The van der Waals surface area contributed by atoms with Crippen LogP contribution in [0.4, 0.5) is 0 Å². The van der Waals surface area contributed by atoms with Gasteiger partial charge < -0.3 is 27.2 Å². The zero-order valence-electron chi connectivity index (χ0n) is 16.4. The van der Waals surface area contributed by atoms with Crippen LogP contribution in [0.3, 0.4) is 0 Å². The fraction of sp³-hybridized carbons (Fsp3) is 0.900. The largest absolute Gasteiger partial charge is 0.481 e. The number of aliphatic carboxylic acids is 2. The predicted octanol–water partition coefficient (Wildman–Crippen LogP) is 1.96. The van der Waals surface area contributed by atoms with E-state index >= 15 is 0 Å². The molecular formula is C20H44I3N2O5-. The van der Waals surface area contributed by atoms with Crippen LogP contribution >= 0.6 is 37.2 Å². The van der Waals surface area contributed by atoms with Gasteiger partial charge in [-0.1, -0.05) is 53.4 Å². The average molecular weight is 773 g/mol. The zero-order valence-corrected chi connectivity index (χ0v) is 22.9. The molecule has 8 N–H and O–H groups in total. The molecule has 0 aliphatic heterocycles. The Morgan fingerprint density at radius 3 is 1.13 bits per heavy atom. The quantitative estimate of drug-likeness (QED) is 0.303. The molecule has 0 heterocycles. The van der Waals surface area contributed by atoms with Gasteiger partial charge in [-0.2, -0.15) is 0 Å². The summed E-state index contributed by atoms with van der Waals surface area (Å²) in [6.45, 7) is 1.05. The second-order valence-corrected chi connectivity index (χ2v) is 24.0.